The van der Waals surface area contributed by atoms with E-state index in [-0.39, 0.29) is 0 Å². The van der Waals surface area contributed by atoms with Crippen molar-refractivity contribution in [2.45, 2.75) is 9.37 Å². The van der Waals surface area contributed by atoms with Crippen LogP contribution in [0.3, 0.4) is 0 Å². The first-order valence-corrected chi connectivity index (χ1v) is 6.42. The van der Waals surface area contributed by atoms with Gasteiger partial charge in [0, 0.05) is 7.05 Å². The molecule has 0 aliphatic rings. The van der Waals surface area contributed by atoms with E-state index < -0.39 is 0 Å². The van der Waals surface area contributed by atoms with Crippen LogP contribution in [0.15, 0.2) is 25.7 Å². The molecule has 0 saturated heterocycles. The van der Waals surface area contributed by atoms with Crippen molar-refractivity contribution < 1.29 is 0 Å². The average molecular weight is 304 g/mol. The Morgan fingerprint density at radius 2 is 2.33 bits per heavy atom. The highest BCUT2D eigenvalue weighted by Crippen LogP contribution is 2.34. The maximum Gasteiger partial charge on any atom is 0.180 e. The largest absolute Gasteiger partial charge is 0.372 e. The van der Waals surface area contributed by atoms with E-state index in [1.807, 2.05) is 7.05 Å². The molecule has 2 rings (SSSR count). The van der Waals surface area contributed by atoms with Crippen LogP contribution in [0.1, 0.15) is 0 Å². The van der Waals surface area contributed by atoms with E-state index in [2.05, 4.69) is 41.4 Å². The highest BCUT2D eigenvalue weighted by Gasteiger charge is 2.10. The average Bonchev–Trinajstić information content (AvgIpc) is 2.74. The lowest BCUT2D eigenvalue weighted by molar-refractivity contribution is 0.993. The molecule has 0 bridgehead atoms. The predicted octanol–water partition coefficient (Wildman–Crippen LogP) is 2.28. The Morgan fingerprint density at radius 3 is 3.00 bits per heavy atom. The fraction of sp³-hybridized carbons (Fsp3) is 0.143. The molecule has 0 radical (unpaired) electrons. The molecule has 8 heteroatoms. The van der Waals surface area contributed by atoms with Gasteiger partial charge in [0.25, 0.3) is 0 Å². The Bertz CT molecular complexity index is 447. The van der Waals surface area contributed by atoms with Crippen LogP contribution in [0.2, 0.25) is 0 Å². The van der Waals surface area contributed by atoms with Crippen LogP contribution in [0, 0.1) is 0 Å². The molecule has 0 fully saturated rings. The second-order valence-electron chi connectivity index (χ2n) is 2.40. The summed E-state index contributed by atoms with van der Waals surface area (Å²) in [7, 11) is 1.81. The maximum atomic E-state index is 4.17. The summed E-state index contributed by atoms with van der Waals surface area (Å²) in [5.41, 5.74) is 1.69. The molecule has 0 saturated carbocycles. The molecule has 2 aromatic rings. The van der Waals surface area contributed by atoms with E-state index in [0.717, 1.165) is 19.7 Å². The van der Waals surface area contributed by atoms with Gasteiger partial charge in [-0.15, -0.1) is 10.2 Å². The van der Waals surface area contributed by atoms with Gasteiger partial charge in [-0.25, -0.2) is 9.97 Å². The first-order valence-electron chi connectivity index (χ1n) is 3.93. The number of anilines is 1. The van der Waals surface area contributed by atoms with Crippen molar-refractivity contribution in [3.8, 4) is 0 Å². The molecular formula is C7H6BrN5S2. The zero-order valence-electron chi connectivity index (χ0n) is 7.64. The summed E-state index contributed by atoms with van der Waals surface area (Å²) in [5, 5.41) is 11.5. The molecule has 0 amide bonds. The minimum Gasteiger partial charge on any atom is -0.372 e. The monoisotopic (exact) mass is 303 g/mol. The SMILES string of the molecule is CNc1ncnc(Sc2nncs2)c1Br. The molecule has 0 unspecified atom stereocenters. The number of hydrogen-bond donors (Lipinski definition) is 1. The Labute approximate surface area is 103 Å². The molecule has 0 aliphatic heterocycles. The molecule has 1 N–H and O–H groups in total. The van der Waals surface area contributed by atoms with Crippen molar-refractivity contribution in [3.05, 3.63) is 16.3 Å². The van der Waals surface area contributed by atoms with Crippen LogP contribution in [0.4, 0.5) is 5.82 Å². The first-order chi connectivity index (χ1) is 7.31. The highest BCUT2D eigenvalue weighted by molar-refractivity contribution is 9.10. The lowest BCUT2D eigenvalue weighted by Crippen LogP contribution is -1.96. The van der Waals surface area contributed by atoms with E-state index in [4.69, 9.17) is 0 Å². The van der Waals surface area contributed by atoms with Crippen LogP contribution in [0.5, 0.6) is 0 Å². The zero-order chi connectivity index (χ0) is 10.7. The summed E-state index contributed by atoms with van der Waals surface area (Å²) in [4.78, 5) is 8.24. The van der Waals surface area contributed by atoms with Crippen LogP contribution in [0.25, 0.3) is 0 Å². The van der Waals surface area contributed by atoms with Crippen molar-refractivity contribution in [1.29, 1.82) is 0 Å². The van der Waals surface area contributed by atoms with Crippen LogP contribution >= 0.6 is 39.0 Å². The lowest BCUT2D eigenvalue weighted by atomic mass is 10.6. The summed E-state index contributed by atoms with van der Waals surface area (Å²) in [6.07, 6.45) is 1.51. The number of hydrogen-bond acceptors (Lipinski definition) is 7. The standard InChI is InChI=1S/C7H6BrN5S2/c1-9-5-4(8)6(11-2-10-5)15-7-13-12-3-14-7/h2-3H,1H3,(H,9,10,11). The maximum absolute atomic E-state index is 4.17. The van der Waals surface area contributed by atoms with Gasteiger partial charge < -0.3 is 5.32 Å². The van der Waals surface area contributed by atoms with E-state index in [1.54, 1.807) is 5.51 Å². The van der Waals surface area contributed by atoms with Gasteiger partial charge >= 0.3 is 0 Å². The van der Waals surface area contributed by atoms with E-state index in [0.29, 0.717) is 0 Å². The van der Waals surface area contributed by atoms with Crippen molar-refractivity contribution in [3.63, 3.8) is 0 Å². The van der Waals surface area contributed by atoms with Crippen LogP contribution < -0.4 is 5.32 Å². The Hall–Kier alpha value is -0.730. The molecular weight excluding hydrogens is 298 g/mol. The van der Waals surface area contributed by atoms with Gasteiger partial charge in [-0.2, -0.15) is 0 Å². The fourth-order valence-electron chi connectivity index (χ4n) is 0.889. The number of aromatic nitrogens is 4. The quantitative estimate of drug-likeness (QED) is 0.878. The molecule has 0 spiro atoms. The molecule has 78 valence electrons. The van der Waals surface area contributed by atoms with Gasteiger partial charge in [0.2, 0.25) is 0 Å². The Kier molecular flexibility index (Phi) is 3.49. The van der Waals surface area contributed by atoms with Crippen molar-refractivity contribution in [2.24, 2.45) is 0 Å². The van der Waals surface area contributed by atoms with E-state index in [9.17, 15) is 0 Å². The molecule has 5 nitrogen and oxygen atoms in total. The normalized spacial score (nSPS) is 10.3. The third-order valence-electron chi connectivity index (χ3n) is 1.52. The minimum absolute atomic E-state index is 0.761. The Balaban J connectivity index is 2.29. The van der Waals surface area contributed by atoms with Crippen LogP contribution in [-0.2, 0) is 0 Å². The van der Waals surface area contributed by atoms with Gasteiger partial charge in [-0.1, -0.05) is 11.3 Å². The molecule has 2 heterocycles. The summed E-state index contributed by atoms with van der Waals surface area (Å²) in [6, 6.07) is 0. The van der Waals surface area contributed by atoms with Gasteiger partial charge in [0.05, 0.1) is 4.47 Å². The molecule has 0 atom stereocenters. The molecule has 2 aromatic heterocycles. The van der Waals surface area contributed by atoms with Crippen molar-refractivity contribution >= 4 is 44.8 Å². The summed E-state index contributed by atoms with van der Waals surface area (Å²) >= 11 is 6.37. The predicted molar refractivity (Wildman–Crippen MR) is 63.3 cm³/mol. The van der Waals surface area contributed by atoms with Gasteiger partial charge in [-0.3, -0.25) is 0 Å². The van der Waals surface area contributed by atoms with Crippen LogP contribution in [-0.4, -0.2) is 27.2 Å². The summed E-state index contributed by atoms with van der Waals surface area (Å²) < 4.78 is 1.70. The summed E-state index contributed by atoms with van der Waals surface area (Å²) in [5.74, 6) is 0.761. The van der Waals surface area contributed by atoms with Gasteiger partial charge in [0.15, 0.2) is 4.34 Å². The van der Waals surface area contributed by atoms with Crippen molar-refractivity contribution in [2.75, 3.05) is 12.4 Å². The first kappa shape index (κ1) is 10.8. The van der Waals surface area contributed by atoms with Gasteiger partial charge in [-0.05, 0) is 27.7 Å². The molecule has 0 aromatic carbocycles. The van der Waals surface area contributed by atoms with Gasteiger partial charge in [0.1, 0.15) is 22.7 Å². The number of rotatable bonds is 3. The number of halogens is 1. The highest BCUT2D eigenvalue weighted by atomic mass is 79.9. The second kappa shape index (κ2) is 4.86. The Morgan fingerprint density at radius 1 is 1.47 bits per heavy atom. The molecule has 15 heavy (non-hydrogen) atoms. The third-order valence-corrected chi connectivity index (χ3v) is 4.31. The van der Waals surface area contributed by atoms with E-state index >= 15 is 0 Å². The third kappa shape index (κ3) is 2.44. The summed E-state index contributed by atoms with van der Waals surface area (Å²) in [6.45, 7) is 0. The molecule has 0 aliphatic carbocycles. The number of nitrogens with one attached hydrogen (secondary N) is 1. The number of nitrogens with zero attached hydrogens (tertiary/aromatic N) is 4. The topological polar surface area (TPSA) is 63.6 Å². The second-order valence-corrected chi connectivity index (χ2v) is 5.26. The van der Waals surface area contributed by atoms with Crippen molar-refractivity contribution in [1.82, 2.24) is 20.2 Å². The fourth-order valence-corrected chi connectivity index (χ4v) is 2.91. The van der Waals surface area contributed by atoms with E-state index in [1.165, 1.54) is 29.4 Å². The zero-order valence-corrected chi connectivity index (χ0v) is 10.9. The lowest BCUT2D eigenvalue weighted by Gasteiger charge is -2.04. The smallest absolute Gasteiger partial charge is 0.180 e. The minimum atomic E-state index is 0.761.